The smallest absolute Gasteiger partial charge is 0.327 e. The summed E-state index contributed by atoms with van der Waals surface area (Å²) in [6.45, 7) is 2.35. The van der Waals surface area contributed by atoms with Crippen molar-refractivity contribution in [3.63, 3.8) is 0 Å². The van der Waals surface area contributed by atoms with Gasteiger partial charge >= 0.3 is 6.03 Å². The molecule has 3 amide bonds. The zero-order valence-corrected chi connectivity index (χ0v) is 19.0. The number of rotatable bonds is 4. The number of nitrogens with zero attached hydrogens (tertiary/aromatic N) is 5. The number of nitrogens with one attached hydrogen (secondary N) is 2. The first-order valence-corrected chi connectivity index (χ1v) is 10.9. The van der Waals surface area contributed by atoms with Gasteiger partial charge in [-0.05, 0) is 25.6 Å². The van der Waals surface area contributed by atoms with E-state index in [-0.39, 0.29) is 36.0 Å². The number of carbonyl (C=O) groups is 2. The molecule has 35 heavy (non-hydrogen) atoms. The van der Waals surface area contributed by atoms with E-state index in [0.717, 1.165) is 17.0 Å². The Kier molecular flexibility index (Phi) is 6.60. The van der Waals surface area contributed by atoms with E-state index >= 15 is 0 Å². The molecule has 11 nitrogen and oxygen atoms in total. The van der Waals surface area contributed by atoms with Gasteiger partial charge in [0.15, 0.2) is 11.6 Å². The topological polar surface area (TPSA) is 158 Å². The van der Waals surface area contributed by atoms with Gasteiger partial charge in [-0.2, -0.15) is 0 Å². The molecule has 4 rings (SSSR count). The van der Waals surface area contributed by atoms with Crippen molar-refractivity contribution < 1.29 is 18.4 Å². The van der Waals surface area contributed by atoms with E-state index < -0.39 is 29.3 Å². The van der Waals surface area contributed by atoms with E-state index in [2.05, 4.69) is 20.2 Å². The highest BCUT2D eigenvalue weighted by atomic mass is 19.1. The third-order valence-electron chi connectivity index (χ3n) is 6.00. The molecular formula is C22H25F2N9O2. The minimum atomic E-state index is -1.08. The highest BCUT2D eigenvalue weighted by Gasteiger charge is 2.30. The Bertz CT molecular complexity index is 1180. The van der Waals surface area contributed by atoms with E-state index in [4.69, 9.17) is 16.9 Å². The van der Waals surface area contributed by atoms with Crippen molar-refractivity contribution >= 4 is 29.3 Å². The normalized spacial score (nSPS) is 16.5. The second-order valence-electron chi connectivity index (χ2n) is 8.31. The van der Waals surface area contributed by atoms with Crippen molar-refractivity contribution in [3.05, 3.63) is 58.7 Å². The van der Waals surface area contributed by atoms with Crippen molar-refractivity contribution in [3.8, 4) is 0 Å². The number of hydrogen-bond acceptors (Lipinski definition) is 8. The first-order chi connectivity index (χ1) is 16.7. The maximum absolute atomic E-state index is 14.8. The number of amides is 3. The molecule has 2 aromatic rings. The van der Waals surface area contributed by atoms with Crippen LogP contribution in [0.4, 0.5) is 25.2 Å². The van der Waals surface area contributed by atoms with Crippen LogP contribution in [0.25, 0.3) is 0 Å². The summed E-state index contributed by atoms with van der Waals surface area (Å²) < 4.78 is 29.5. The quantitative estimate of drug-likeness (QED) is 0.474. The zero-order chi connectivity index (χ0) is 25.3. The fourth-order valence-corrected chi connectivity index (χ4v) is 3.92. The largest absolute Gasteiger partial charge is 0.385 e. The predicted octanol–water partition coefficient (Wildman–Crippen LogP) is 1.20. The molecule has 0 radical (unpaired) electrons. The van der Waals surface area contributed by atoms with Crippen molar-refractivity contribution in [2.75, 3.05) is 50.8 Å². The van der Waals surface area contributed by atoms with Gasteiger partial charge < -0.3 is 26.6 Å². The predicted molar refractivity (Wildman–Crippen MR) is 125 cm³/mol. The van der Waals surface area contributed by atoms with Crippen LogP contribution in [-0.4, -0.2) is 82.1 Å². The van der Waals surface area contributed by atoms with Crippen LogP contribution >= 0.6 is 0 Å². The fraction of sp³-hybridized carbons (Fsp3) is 0.318. The van der Waals surface area contributed by atoms with E-state index in [1.807, 2.05) is 7.05 Å². The van der Waals surface area contributed by atoms with Gasteiger partial charge in [0, 0.05) is 61.8 Å². The number of nitrogen functional groups attached to an aromatic ring is 1. The number of anilines is 2. The molecule has 2 aliphatic rings. The lowest BCUT2D eigenvalue weighted by molar-refractivity contribution is 0.0663. The molecule has 0 aliphatic carbocycles. The Morgan fingerprint density at radius 2 is 1.60 bits per heavy atom. The molecule has 1 aromatic heterocycles. The second-order valence-corrected chi connectivity index (χ2v) is 8.31. The summed E-state index contributed by atoms with van der Waals surface area (Å²) in [5, 5.41) is 10.5. The first-order valence-electron chi connectivity index (χ1n) is 10.9. The summed E-state index contributed by atoms with van der Waals surface area (Å²) in [6.07, 6.45) is 2.98. The Morgan fingerprint density at radius 1 is 1.00 bits per heavy atom. The molecule has 0 unspecified atom stereocenters. The van der Waals surface area contributed by atoms with Crippen LogP contribution in [0.1, 0.15) is 22.3 Å². The van der Waals surface area contributed by atoms with E-state index in [1.165, 1.54) is 17.3 Å². The standard InChI is InChI=1S/C22H25F2N9O2/c1-31-4-6-32(7-5-31)20(34)12-8-15(23)18(16(24)9-12)30-22(35)33-3-2-14(19(33)26)17(25)13-10-28-21(27)29-11-13/h8-11,25H,2-7,26H2,1H3,(H,30,35)(H2,27,28,29). The van der Waals surface area contributed by atoms with Crippen LogP contribution in [0.3, 0.4) is 0 Å². The summed E-state index contributed by atoms with van der Waals surface area (Å²) >= 11 is 0. The van der Waals surface area contributed by atoms with Gasteiger partial charge in [-0.1, -0.05) is 0 Å². The van der Waals surface area contributed by atoms with Crippen LogP contribution in [0, 0.1) is 17.0 Å². The number of nitrogens with two attached hydrogens (primary N) is 2. The average Bonchev–Trinajstić information content (AvgIpc) is 3.22. The summed E-state index contributed by atoms with van der Waals surface area (Å²) in [6, 6.07) is 0.949. The number of carbonyl (C=O) groups excluding carboxylic acids is 2. The Hall–Kier alpha value is -4.13. The molecule has 0 saturated carbocycles. The lowest BCUT2D eigenvalue weighted by atomic mass is 10.0. The van der Waals surface area contributed by atoms with Gasteiger partial charge in [0.2, 0.25) is 5.95 Å². The van der Waals surface area contributed by atoms with Crippen LogP contribution in [-0.2, 0) is 0 Å². The summed E-state index contributed by atoms with van der Waals surface area (Å²) in [5.41, 5.74) is 11.5. The second kappa shape index (κ2) is 9.62. The number of halogens is 2. The number of likely N-dealkylation sites (N-methyl/N-ethyl adjacent to an activating group) is 1. The Balaban J connectivity index is 1.48. The molecule has 3 heterocycles. The number of piperazine rings is 1. The van der Waals surface area contributed by atoms with Crippen LogP contribution in [0.2, 0.25) is 0 Å². The van der Waals surface area contributed by atoms with Gasteiger partial charge in [0.25, 0.3) is 5.91 Å². The molecular weight excluding hydrogens is 460 g/mol. The molecule has 6 N–H and O–H groups in total. The third-order valence-corrected chi connectivity index (χ3v) is 6.00. The van der Waals surface area contributed by atoms with Crippen molar-refractivity contribution in [1.29, 1.82) is 5.41 Å². The minimum Gasteiger partial charge on any atom is -0.385 e. The molecule has 0 atom stereocenters. The summed E-state index contributed by atoms with van der Waals surface area (Å²) in [7, 11) is 1.93. The maximum atomic E-state index is 14.8. The van der Waals surface area contributed by atoms with E-state index in [9.17, 15) is 18.4 Å². The molecule has 184 valence electrons. The van der Waals surface area contributed by atoms with Gasteiger partial charge in [-0.15, -0.1) is 0 Å². The van der Waals surface area contributed by atoms with Crippen LogP contribution < -0.4 is 16.8 Å². The molecule has 1 saturated heterocycles. The van der Waals surface area contributed by atoms with E-state index in [1.54, 1.807) is 0 Å². The minimum absolute atomic E-state index is 0.0157. The summed E-state index contributed by atoms with van der Waals surface area (Å²) in [5.74, 6) is -2.60. The number of benzene rings is 1. The lowest BCUT2D eigenvalue weighted by Gasteiger charge is -2.32. The Labute approximate surface area is 199 Å². The van der Waals surface area contributed by atoms with Crippen LogP contribution in [0.15, 0.2) is 35.9 Å². The fourth-order valence-electron chi connectivity index (χ4n) is 3.92. The molecule has 0 bridgehead atoms. The summed E-state index contributed by atoms with van der Waals surface area (Å²) in [4.78, 5) is 37.7. The molecule has 13 heteroatoms. The van der Waals surface area contributed by atoms with Gasteiger partial charge in [-0.25, -0.2) is 23.5 Å². The van der Waals surface area contributed by atoms with Gasteiger partial charge in [0.1, 0.15) is 11.5 Å². The van der Waals surface area contributed by atoms with Crippen LogP contribution in [0.5, 0.6) is 0 Å². The number of hydrogen-bond donors (Lipinski definition) is 4. The SMILES string of the molecule is CN1CCN(C(=O)c2cc(F)c(NC(=O)N3CCC(C(=N)c4cnc(N)nc4)=C3N)c(F)c2)CC1. The molecule has 2 aliphatic heterocycles. The maximum Gasteiger partial charge on any atom is 0.327 e. The number of aromatic nitrogens is 2. The third kappa shape index (κ3) is 4.89. The monoisotopic (exact) mass is 485 g/mol. The Morgan fingerprint density at radius 3 is 2.20 bits per heavy atom. The van der Waals surface area contributed by atoms with Gasteiger partial charge in [-0.3, -0.25) is 15.1 Å². The number of urea groups is 1. The molecule has 0 spiro atoms. The highest BCUT2D eigenvalue weighted by Crippen LogP contribution is 2.26. The van der Waals surface area contributed by atoms with Gasteiger partial charge in [0.05, 0.1) is 5.71 Å². The van der Waals surface area contributed by atoms with E-state index in [0.29, 0.717) is 37.3 Å². The van der Waals surface area contributed by atoms with Crippen molar-refractivity contribution in [2.24, 2.45) is 5.73 Å². The highest BCUT2D eigenvalue weighted by molar-refractivity contribution is 6.11. The molecule has 1 aromatic carbocycles. The van der Waals surface area contributed by atoms with Crippen molar-refractivity contribution in [2.45, 2.75) is 6.42 Å². The average molecular weight is 485 g/mol. The first kappa shape index (κ1) is 24.0. The van der Waals surface area contributed by atoms with Crippen molar-refractivity contribution in [1.82, 2.24) is 24.7 Å². The molecule has 1 fully saturated rings. The lowest BCUT2D eigenvalue weighted by Crippen LogP contribution is -2.47. The zero-order valence-electron chi connectivity index (χ0n) is 19.0.